The highest BCUT2D eigenvalue weighted by molar-refractivity contribution is 6.33. The van der Waals surface area contributed by atoms with E-state index in [9.17, 15) is 14.4 Å². The highest BCUT2D eigenvalue weighted by atomic mass is 35.5. The molecule has 0 aliphatic carbocycles. The predicted molar refractivity (Wildman–Crippen MR) is 112 cm³/mol. The SMILES string of the molecule is C[C@@]1(c2ccc3ccccc3c2)NC(=O)N(CC(=O)Nc2ccccc2Cl)C1=O. The first-order valence-electron chi connectivity index (χ1n) is 9.06. The van der Waals surface area contributed by atoms with Crippen LogP contribution in [0.3, 0.4) is 0 Å². The number of carbonyl (C=O) groups is 3. The number of amides is 4. The van der Waals surface area contributed by atoms with Crippen molar-refractivity contribution in [1.82, 2.24) is 10.2 Å². The zero-order valence-electron chi connectivity index (χ0n) is 15.6. The number of nitrogens with one attached hydrogen (secondary N) is 2. The summed E-state index contributed by atoms with van der Waals surface area (Å²) >= 11 is 6.04. The third kappa shape index (κ3) is 3.43. The lowest BCUT2D eigenvalue weighted by atomic mass is 9.90. The number of hydrogen-bond acceptors (Lipinski definition) is 3. The lowest BCUT2D eigenvalue weighted by Gasteiger charge is -2.22. The van der Waals surface area contributed by atoms with Crippen LogP contribution in [-0.4, -0.2) is 29.3 Å². The molecule has 6 nitrogen and oxygen atoms in total. The number of carbonyl (C=O) groups excluding carboxylic acids is 3. The maximum absolute atomic E-state index is 13.1. The van der Waals surface area contributed by atoms with Gasteiger partial charge in [-0.15, -0.1) is 0 Å². The molecule has 0 radical (unpaired) electrons. The van der Waals surface area contributed by atoms with E-state index in [1.54, 1.807) is 31.2 Å². The van der Waals surface area contributed by atoms with Gasteiger partial charge in [0, 0.05) is 0 Å². The molecule has 0 saturated carbocycles. The predicted octanol–water partition coefficient (Wildman–Crippen LogP) is 3.90. The van der Waals surface area contributed by atoms with Gasteiger partial charge in [-0.05, 0) is 41.5 Å². The minimum atomic E-state index is -1.24. The van der Waals surface area contributed by atoms with Gasteiger partial charge >= 0.3 is 6.03 Å². The van der Waals surface area contributed by atoms with Crippen molar-refractivity contribution in [1.29, 1.82) is 0 Å². The van der Waals surface area contributed by atoms with Crippen molar-refractivity contribution in [2.24, 2.45) is 0 Å². The number of imide groups is 1. The fourth-order valence-corrected chi connectivity index (χ4v) is 3.62. The van der Waals surface area contributed by atoms with Crippen molar-refractivity contribution in [2.75, 3.05) is 11.9 Å². The van der Waals surface area contributed by atoms with Gasteiger partial charge in [-0.1, -0.05) is 60.1 Å². The number of halogens is 1. The smallest absolute Gasteiger partial charge is 0.323 e. The van der Waals surface area contributed by atoms with Crippen LogP contribution in [0.2, 0.25) is 5.02 Å². The molecule has 2 N–H and O–H groups in total. The van der Waals surface area contributed by atoms with E-state index >= 15 is 0 Å². The first-order valence-corrected chi connectivity index (χ1v) is 9.44. The summed E-state index contributed by atoms with van der Waals surface area (Å²) in [4.78, 5) is 38.9. The van der Waals surface area contributed by atoms with Crippen LogP contribution in [0.4, 0.5) is 10.5 Å². The Hall–Kier alpha value is -3.38. The van der Waals surface area contributed by atoms with Gasteiger partial charge in [0.05, 0.1) is 10.7 Å². The zero-order valence-corrected chi connectivity index (χ0v) is 16.4. The van der Waals surface area contributed by atoms with Crippen LogP contribution >= 0.6 is 11.6 Å². The number of fused-ring (bicyclic) bond motifs is 1. The summed E-state index contributed by atoms with van der Waals surface area (Å²) in [6.07, 6.45) is 0. The highest BCUT2D eigenvalue weighted by Gasteiger charge is 2.49. The van der Waals surface area contributed by atoms with E-state index in [0.29, 0.717) is 16.3 Å². The minimum Gasteiger partial charge on any atom is -0.323 e. The van der Waals surface area contributed by atoms with Crippen LogP contribution < -0.4 is 10.6 Å². The quantitative estimate of drug-likeness (QED) is 0.644. The van der Waals surface area contributed by atoms with Crippen LogP contribution in [0, 0.1) is 0 Å². The molecule has 3 aromatic carbocycles. The van der Waals surface area contributed by atoms with Gasteiger partial charge in [0.15, 0.2) is 0 Å². The zero-order chi connectivity index (χ0) is 20.6. The molecule has 1 atom stereocenters. The minimum absolute atomic E-state index is 0.374. The second kappa shape index (κ2) is 7.22. The van der Waals surface area contributed by atoms with Crippen molar-refractivity contribution in [2.45, 2.75) is 12.5 Å². The van der Waals surface area contributed by atoms with Gasteiger partial charge in [0.2, 0.25) is 5.91 Å². The molecule has 1 fully saturated rings. The standard InChI is InChI=1S/C22H18ClN3O3/c1-22(16-11-10-14-6-2-3-7-15(14)12-16)20(28)26(21(29)25-22)13-19(27)24-18-9-5-4-8-17(18)23/h2-12H,13H2,1H3,(H,24,27)(H,25,29)/t22-/m0/s1. The summed E-state index contributed by atoms with van der Waals surface area (Å²) in [5.74, 6) is -0.989. The van der Waals surface area contributed by atoms with E-state index in [4.69, 9.17) is 11.6 Å². The van der Waals surface area contributed by atoms with E-state index in [1.165, 1.54) is 0 Å². The van der Waals surface area contributed by atoms with Crippen LogP contribution in [-0.2, 0) is 15.1 Å². The summed E-state index contributed by atoms with van der Waals surface area (Å²) in [5.41, 5.74) is -0.168. The topological polar surface area (TPSA) is 78.5 Å². The molecule has 1 saturated heterocycles. The van der Waals surface area contributed by atoms with Gasteiger partial charge in [-0.3, -0.25) is 14.5 Å². The molecule has 0 unspecified atom stereocenters. The third-order valence-corrected chi connectivity index (χ3v) is 5.38. The fourth-order valence-electron chi connectivity index (χ4n) is 3.43. The summed E-state index contributed by atoms with van der Waals surface area (Å²) in [6, 6.07) is 19.5. The maximum atomic E-state index is 13.1. The molecule has 3 aromatic rings. The average molecular weight is 408 g/mol. The van der Waals surface area contributed by atoms with E-state index in [2.05, 4.69) is 10.6 Å². The Morgan fingerprint density at radius 2 is 1.72 bits per heavy atom. The molecule has 1 heterocycles. The lowest BCUT2D eigenvalue weighted by molar-refractivity contribution is -0.133. The van der Waals surface area contributed by atoms with Gasteiger partial charge in [-0.25, -0.2) is 4.79 Å². The molecule has 4 amide bonds. The third-order valence-electron chi connectivity index (χ3n) is 5.05. The molecular weight excluding hydrogens is 390 g/mol. The summed E-state index contributed by atoms with van der Waals surface area (Å²) in [5, 5.41) is 7.72. The molecule has 1 aliphatic heterocycles. The first-order chi connectivity index (χ1) is 13.9. The first kappa shape index (κ1) is 19.0. The van der Waals surface area contributed by atoms with E-state index in [1.807, 2.05) is 42.5 Å². The monoisotopic (exact) mass is 407 g/mol. The fraction of sp³-hybridized carbons (Fsp3) is 0.136. The maximum Gasteiger partial charge on any atom is 0.325 e. The molecule has 4 rings (SSSR count). The number of rotatable bonds is 4. The molecule has 0 spiro atoms. The Balaban J connectivity index is 1.56. The molecule has 1 aliphatic rings. The molecule has 0 aromatic heterocycles. The Kier molecular flexibility index (Phi) is 4.72. The van der Waals surface area contributed by atoms with Crippen molar-refractivity contribution in [3.8, 4) is 0 Å². The van der Waals surface area contributed by atoms with E-state index < -0.39 is 29.9 Å². The van der Waals surface area contributed by atoms with Crippen LogP contribution in [0.25, 0.3) is 10.8 Å². The Labute approximate surface area is 172 Å². The number of anilines is 1. The molecular formula is C22H18ClN3O3. The van der Waals surface area contributed by atoms with Crippen molar-refractivity contribution in [3.05, 3.63) is 77.3 Å². The number of hydrogen-bond donors (Lipinski definition) is 2. The van der Waals surface area contributed by atoms with Crippen molar-refractivity contribution < 1.29 is 14.4 Å². The van der Waals surface area contributed by atoms with Gasteiger partial charge in [0.1, 0.15) is 12.1 Å². The second-order valence-corrected chi connectivity index (χ2v) is 7.44. The molecule has 146 valence electrons. The van der Waals surface area contributed by atoms with E-state index in [0.717, 1.165) is 15.7 Å². The summed E-state index contributed by atoms with van der Waals surface area (Å²) in [7, 11) is 0. The Morgan fingerprint density at radius 1 is 1.03 bits per heavy atom. The largest absolute Gasteiger partial charge is 0.325 e. The Bertz CT molecular complexity index is 1150. The summed E-state index contributed by atoms with van der Waals surface area (Å²) < 4.78 is 0. The number of urea groups is 1. The Morgan fingerprint density at radius 3 is 2.48 bits per heavy atom. The van der Waals surface area contributed by atoms with Crippen molar-refractivity contribution >= 4 is 45.9 Å². The lowest BCUT2D eigenvalue weighted by Crippen LogP contribution is -2.42. The van der Waals surface area contributed by atoms with Crippen LogP contribution in [0.5, 0.6) is 0 Å². The summed E-state index contributed by atoms with van der Waals surface area (Å²) in [6.45, 7) is 1.24. The average Bonchev–Trinajstić information content (AvgIpc) is 2.93. The normalized spacial score (nSPS) is 18.8. The van der Waals surface area contributed by atoms with Crippen LogP contribution in [0.15, 0.2) is 66.7 Å². The van der Waals surface area contributed by atoms with Crippen LogP contribution in [0.1, 0.15) is 12.5 Å². The number of para-hydroxylation sites is 1. The van der Waals surface area contributed by atoms with Gasteiger partial charge in [-0.2, -0.15) is 0 Å². The van der Waals surface area contributed by atoms with Crippen molar-refractivity contribution in [3.63, 3.8) is 0 Å². The number of nitrogens with zero attached hydrogens (tertiary/aromatic N) is 1. The molecule has 7 heteroatoms. The molecule has 29 heavy (non-hydrogen) atoms. The van der Waals surface area contributed by atoms with Gasteiger partial charge in [0.25, 0.3) is 5.91 Å². The second-order valence-electron chi connectivity index (χ2n) is 7.04. The van der Waals surface area contributed by atoms with Gasteiger partial charge < -0.3 is 10.6 Å². The van der Waals surface area contributed by atoms with E-state index in [-0.39, 0.29) is 0 Å². The molecule has 0 bridgehead atoms. The highest BCUT2D eigenvalue weighted by Crippen LogP contribution is 2.31. The number of benzene rings is 3.